The van der Waals surface area contributed by atoms with Crippen molar-refractivity contribution in [2.24, 2.45) is 0 Å². The summed E-state index contributed by atoms with van der Waals surface area (Å²) in [5.74, 6) is 0.235. The molecule has 1 N–H and O–H groups in total. The van der Waals surface area contributed by atoms with Gasteiger partial charge in [-0.15, -0.1) is 10.2 Å². The molecule has 0 radical (unpaired) electrons. The van der Waals surface area contributed by atoms with Crippen LogP contribution in [0.1, 0.15) is 17.0 Å². The summed E-state index contributed by atoms with van der Waals surface area (Å²) in [6.45, 7) is 1.91. The maximum Gasteiger partial charge on any atom is 0.342 e. The lowest BCUT2D eigenvalue weighted by molar-refractivity contribution is -0.131. The summed E-state index contributed by atoms with van der Waals surface area (Å²) in [6, 6.07) is 12.5. The normalized spacial score (nSPS) is 11.3. The highest BCUT2D eigenvalue weighted by Crippen LogP contribution is 2.32. The van der Waals surface area contributed by atoms with Crippen molar-refractivity contribution in [1.82, 2.24) is 10.2 Å². The molecule has 0 saturated heterocycles. The molecule has 2 aromatic carbocycles. The number of carboxylic acid groups (broad SMARTS) is 1. The Balaban J connectivity index is 1.80. The van der Waals surface area contributed by atoms with E-state index in [1.165, 1.54) is 13.2 Å². The van der Waals surface area contributed by atoms with Gasteiger partial charge in [-0.3, -0.25) is 0 Å². The Hall–Kier alpha value is -2.97. The third kappa shape index (κ3) is 5.52. The second-order valence-corrected chi connectivity index (χ2v) is 7.19. The van der Waals surface area contributed by atoms with Crippen molar-refractivity contribution in [1.29, 1.82) is 0 Å². The van der Waals surface area contributed by atoms with E-state index in [9.17, 15) is 9.90 Å². The number of rotatable bonds is 8. The molecule has 0 atom stereocenters. The third-order valence-electron chi connectivity index (χ3n) is 3.74. The lowest BCUT2D eigenvalue weighted by Crippen LogP contribution is -1.99. The standard InChI is InChI=1S/C20H17ClN2O5S/c1-12-22-23-20(28-12)29-18(19(24)25)10-13-7-8-16(17(9-13)26-2)27-11-14-5-3-4-6-15(14)21/h3-10H,11H2,1-2H3,(H,24,25)/b18-10-. The monoisotopic (exact) mass is 432 g/mol. The summed E-state index contributed by atoms with van der Waals surface area (Å²) in [5, 5.41) is 17.7. The molecule has 3 aromatic rings. The Bertz CT molecular complexity index is 1050. The molecule has 1 aromatic heterocycles. The Morgan fingerprint density at radius 3 is 2.69 bits per heavy atom. The van der Waals surface area contributed by atoms with Crippen LogP contribution in [-0.4, -0.2) is 28.4 Å². The number of methoxy groups -OCH3 is 1. The molecular weight excluding hydrogens is 416 g/mol. The van der Waals surface area contributed by atoms with E-state index in [1.807, 2.05) is 18.2 Å². The minimum atomic E-state index is -1.11. The van der Waals surface area contributed by atoms with Crippen LogP contribution in [0.2, 0.25) is 5.02 Å². The molecule has 0 aliphatic heterocycles. The van der Waals surface area contributed by atoms with E-state index in [0.717, 1.165) is 17.3 Å². The van der Waals surface area contributed by atoms with Crippen molar-refractivity contribution in [3.05, 3.63) is 69.4 Å². The number of thioether (sulfide) groups is 1. The molecular formula is C20H17ClN2O5S. The number of nitrogens with zero attached hydrogens (tertiary/aromatic N) is 2. The van der Waals surface area contributed by atoms with E-state index in [1.54, 1.807) is 31.2 Å². The molecule has 0 fully saturated rings. The lowest BCUT2D eigenvalue weighted by Gasteiger charge is -2.12. The number of aliphatic carboxylic acids is 1. The predicted octanol–water partition coefficient (Wildman–Crippen LogP) is 4.84. The van der Waals surface area contributed by atoms with Crippen molar-refractivity contribution >= 4 is 35.4 Å². The quantitative estimate of drug-likeness (QED) is 0.399. The first-order valence-electron chi connectivity index (χ1n) is 8.43. The van der Waals surface area contributed by atoms with Gasteiger partial charge >= 0.3 is 5.97 Å². The Labute approximate surface area is 176 Å². The number of hydrogen-bond acceptors (Lipinski definition) is 7. The highest BCUT2D eigenvalue weighted by Gasteiger charge is 2.15. The summed E-state index contributed by atoms with van der Waals surface area (Å²) < 4.78 is 16.4. The number of hydrogen-bond donors (Lipinski definition) is 1. The topological polar surface area (TPSA) is 94.7 Å². The van der Waals surface area contributed by atoms with Crippen LogP contribution >= 0.6 is 23.4 Å². The molecule has 0 amide bonds. The number of halogens is 1. The molecule has 7 nitrogen and oxygen atoms in total. The summed E-state index contributed by atoms with van der Waals surface area (Å²) in [5.41, 5.74) is 1.47. The third-order valence-corrected chi connectivity index (χ3v) is 4.96. The van der Waals surface area contributed by atoms with Gasteiger partial charge in [-0.05, 0) is 41.6 Å². The average molecular weight is 433 g/mol. The smallest absolute Gasteiger partial charge is 0.342 e. The van der Waals surface area contributed by atoms with E-state index in [0.29, 0.717) is 28.0 Å². The molecule has 9 heteroatoms. The van der Waals surface area contributed by atoms with Gasteiger partial charge in [-0.1, -0.05) is 35.9 Å². The molecule has 150 valence electrons. The fourth-order valence-electron chi connectivity index (χ4n) is 2.36. The highest BCUT2D eigenvalue weighted by atomic mass is 35.5. The van der Waals surface area contributed by atoms with Crippen LogP contribution in [0.5, 0.6) is 11.5 Å². The zero-order chi connectivity index (χ0) is 20.8. The summed E-state index contributed by atoms with van der Waals surface area (Å²) in [6.07, 6.45) is 1.49. The van der Waals surface area contributed by atoms with Gasteiger partial charge in [0, 0.05) is 17.5 Å². The summed E-state index contributed by atoms with van der Waals surface area (Å²) in [7, 11) is 1.51. The minimum Gasteiger partial charge on any atom is -0.493 e. The summed E-state index contributed by atoms with van der Waals surface area (Å²) >= 11 is 7.02. The molecule has 1 heterocycles. The van der Waals surface area contributed by atoms with E-state index in [4.69, 9.17) is 25.5 Å². The van der Waals surface area contributed by atoms with Crippen molar-refractivity contribution in [3.63, 3.8) is 0 Å². The number of carbonyl (C=O) groups is 1. The van der Waals surface area contributed by atoms with E-state index in [2.05, 4.69) is 10.2 Å². The van der Waals surface area contributed by atoms with Gasteiger partial charge < -0.3 is 19.0 Å². The fraction of sp³-hybridized carbons (Fsp3) is 0.150. The highest BCUT2D eigenvalue weighted by molar-refractivity contribution is 8.03. The van der Waals surface area contributed by atoms with E-state index >= 15 is 0 Å². The van der Waals surface area contributed by atoms with Crippen LogP contribution in [0, 0.1) is 6.92 Å². The van der Waals surface area contributed by atoms with Crippen LogP contribution in [0.3, 0.4) is 0 Å². The zero-order valence-electron chi connectivity index (χ0n) is 15.6. The van der Waals surface area contributed by atoms with Crippen LogP contribution < -0.4 is 9.47 Å². The van der Waals surface area contributed by atoms with Crippen LogP contribution in [0.4, 0.5) is 0 Å². The van der Waals surface area contributed by atoms with Gasteiger partial charge in [0.25, 0.3) is 5.22 Å². The molecule has 0 saturated carbocycles. The number of aryl methyl sites for hydroxylation is 1. The molecule has 0 aliphatic rings. The van der Waals surface area contributed by atoms with Gasteiger partial charge in [0.15, 0.2) is 11.5 Å². The van der Waals surface area contributed by atoms with Crippen molar-refractivity contribution in [2.45, 2.75) is 18.8 Å². The molecule has 29 heavy (non-hydrogen) atoms. The fourth-order valence-corrected chi connectivity index (χ4v) is 3.27. The molecule has 0 spiro atoms. The van der Waals surface area contributed by atoms with Gasteiger partial charge in [0.05, 0.1) is 7.11 Å². The van der Waals surface area contributed by atoms with Crippen LogP contribution in [0.15, 0.2) is 57.0 Å². The second-order valence-electron chi connectivity index (χ2n) is 5.79. The Morgan fingerprint density at radius 1 is 1.24 bits per heavy atom. The van der Waals surface area contributed by atoms with Crippen molar-refractivity contribution < 1.29 is 23.8 Å². The summed E-state index contributed by atoms with van der Waals surface area (Å²) in [4.78, 5) is 11.6. The van der Waals surface area contributed by atoms with Crippen molar-refractivity contribution in [2.75, 3.05) is 7.11 Å². The number of aromatic nitrogens is 2. The van der Waals surface area contributed by atoms with Gasteiger partial charge in [0.1, 0.15) is 11.5 Å². The number of ether oxygens (including phenoxy) is 2. The van der Waals surface area contributed by atoms with Crippen LogP contribution in [0.25, 0.3) is 6.08 Å². The van der Waals surface area contributed by atoms with E-state index in [-0.39, 0.29) is 16.7 Å². The SMILES string of the molecule is COc1cc(/C=C(\Sc2nnc(C)o2)C(=O)O)ccc1OCc1ccccc1Cl. The maximum atomic E-state index is 11.6. The number of carboxylic acids is 1. The Morgan fingerprint density at radius 2 is 2.03 bits per heavy atom. The van der Waals surface area contributed by atoms with Gasteiger partial charge in [-0.2, -0.15) is 0 Å². The average Bonchev–Trinajstić information content (AvgIpc) is 3.12. The molecule has 0 unspecified atom stereocenters. The Kier molecular flexibility index (Phi) is 6.79. The predicted molar refractivity (Wildman–Crippen MR) is 109 cm³/mol. The molecule has 3 rings (SSSR count). The zero-order valence-corrected chi connectivity index (χ0v) is 17.2. The largest absolute Gasteiger partial charge is 0.493 e. The number of benzene rings is 2. The first-order chi connectivity index (χ1) is 14.0. The second kappa shape index (κ2) is 9.49. The minimum absolute atomic E-state index is 0.0282. The van der Waals surface area contributed by atoms with E-state index < -0.39 is 5.97 Å². The van der Waals surface area contributed by atoms with Crippen molar-refractivity contribution in [3.8, 4) is 11.5 Å². The molecule has 0 aliphatic carbocycles. The van der Waals surface area contributed by atoms with Crippen LogP contribution in [-0.2, 0) is 11.4 Å². The maximum absolute atomic E-state index is 11.6. The molecule has 0 bridgehead atoms. The first kappa shape index (κ1) is 20.8. The first-order valence-corrected chi connectivity index (χ1v) is 9.63. The lowest BCUT2D eigenvalue weighted by atomic mass is 10.2. The van der Waals surface area contributed by atoms with Gasteiger partial charge in [0.2, 0.25) is 5.89 Å². The van der Waals surface area contributed by atoms with Gasteiger partial charge in [-0.25, -0.2) is 4.79 Å².